The fraction of sp³-hybridized carbons (Fsp3) is 0.294. The molecule has 2 aromatic rings. The van der Waals surface area contributed by atoms with Crippen molar-refractivity contribution in [2.45, 2.75) is 12.5 Å². The number of nitrogens with one attached hydrogen (secondary N) is 1. The first-order valence-corrected chi connectivity index (χ1v) is 7.48. The smallest absolute Gasteiger partial charge is 0.255 e. The molecule has 1 saturated heterocycles. The third-order valence-corrected chi connectivity index (χ3v) is 4.01. The number of aromatic nitrogens is 1. The number of nitriles is 1. The van der Waals surface area contributed by atoms with Gasteiger partial charge in [0.2, 0.25) is 5.82 Å². The minimum absolute atomic E-state index is 0.0206. The van der Waals surface area contributed by atoms with E-state index < -0.39 is 35.1 Å². The summed E-state index contributed by atoms with van der Waals surface area (Å²) in [5.41, 5.74) is -0.260. The molecule has 24 heavy (non-hydrogen) atoms. The fourth-order valence-electron chi connectivity index (χ4n) is 2.80. The van der Waals surface area contributed by atoms with Crippen LogP contribution in [-0.2, 0) is 0 Å². The highest BCUT2D eigenvalue weighted by Crippen LogP contribution is 2.33. The summed E-state index contributed by atoms with van der Waals surface area (Å²) in [5.74, 6) is -5.14. The van der Waals surface area contributed by atoms with Gasteiger partial charge in [0.15, 0.2) is 5.82 Å². The molecule has 124 valence electrons. The Hall–Kier alpha value is -2.59. The van der Waals surface area contributed by atoms with Crippen LogP contribution in [0.25, 0.3) is 0 Å². The Morgan fingerprint density at radius 1 is 1.21 bits per heavy atom. The van der Waals surface area contributed by atoms with Crippen LogP contribution in [0.2, 0.25) is 0 Å². The van der Waals surface area contributed by atoms with Crippen molar-refractivity contribution in [1.82, 2.24) is 10.3 Å². The normalized spacial score (nSPS) is 18.2. The van der Waals surface area contributed by atoms with Gasteiger partial charge in [-0.15, -0.1) is 0 Å². The van der Waals surface area contributed by atoms with Crippen molar-refractivity contribution in [3.63, 3.8) is 0 Å². The van der Waals surface area contributed by atoms with Crippen LogP contribution in [0.1, 0.15) is 23.7 Å². The summed E-state index contributed by atoms with van der Waals surface area (Å²) < 4.78 is 46.8. The second-order valence-corrected chi connectivity index (χ2v) is 5.52. The maximum atomic E-state index is 14.2. The minimum atomic E-state index is -1.61. The lowest BCUT2D eigenvalue weighted by Crippen LogP contribution is -2.22. The average molecular weight is 333 g/mol. The van der Waals surface area contributed by atoms with Crippen LogP contribution in [-0.4, -0.2) is 18.1 Å². The van der Waals surface area contributed by atoms with Crippen LogP contribution in [0.4, 0.5) is 13.2 Å². The van der Waals surface area contributed by atoms with E-state index in [0.29, 0.717) is 6.54 Å². The lowest BCUT2D eigenvalue weighted by atomic mass is 9.95. The van der Waals surface area contributed by atoms with Gasteiger partial charge in [-0.25, -0.2) is 4.39 Å². The zero-order chi connectivity index (χ0) is 17.1. The summed E-state index contributed by atoms with van der Waals surface area (Å²) in [4.78, 5) is 3.21. The maximum Gasteiger partial charge on any atom is 0.255 e. The summed E-state index contributed by atoms with van der Waals surface area (Å²) in [6.07, 6.45) is 0.204. The molecule has 1 aromatic heterocycles. The zero-order valence-corrected chi connectivity index (χ0v) is 12.6. The van der Waals surface area contributed by atoms with Crippen molar-refractivity contribution in [3.05, 3.63) is 59.0 Å². The van der Waals surface area contributed by atoms with E-state index in [1.807, 2.05) is 30.3 Å². The Labute approximate surface area is 136 Å². The molecule has 7 heteroatoms. The molecule has 1 aliphatic rings. The number of rotatable bonds is 4. The van der Waals surface area contributed by atoms with Gasteiger partial charge in [-0.1, -0.05) is 30.3 Å². The topological polar surface area (TPSA) is 57.9 Å². The monoisotopic (exact) mass is 333 g/mol. The van der Waals surface area contributed by atoms with E-state index in [9.17, 15) is 13.2 Å². The lowest BCUT2D eigenvalue weighted by molar-refractivity contribution is 0.128. The summed E-state index contributed by atoms with van der Waals surface area (Å²) in [7, 11) is 0. The molecule has 0 radical (unpaired) electrons. The van der Waals surface area contributed by atoms with Gasteiger partial charge >= 0.3 is 0 Å². The van der Waals surface area contributed by atoms with E-state index in [1.54, 1.807) is 0 Å². The Morgan fingerprint density at radius 2 is 1.96 bits per heavy atom. The van der Waals surface area contributed by atoms with E-state index in [1.165, 1.54) is 6.07 Å². The van der Waals surface area contributed by atoms with Crippen molar-refractivity contribution >= 4 is 0 Å². The summed E-state index contributed by atoms with van der Waals surface area (Å²) in [5, 5.41) is 12.0. The fourth-order valence-corrected chi connectivity index (χ4v) is 2.80. The van der Waals surface area contributed by atoms with Crippen molar-refractivity contribution in [2.75, 3.05) is 13.1 Å². The molecule has 4 nitrogen and oxygen atoms in total. The molecule has 1 N–H and O–H groups in total. The first-order valence-electron chi connectivity index (χ1n) is 7.48. The molecule has 1 unspecified atom stereocenters. The van der Waals surface area contributed by atoms with Crippen molar-refractivity contribution in [3.8, 4) is 11.9 Å². The van der Waals surface area contributed by atoms with Crippen LogP contribution in [0, 0.1) is 34.8 Å². The van der Waals surface area contributed by atoms with Crippen LogP contribution in [0.15, 0.2) is 30.3 Å². The summed E-state index contributed by atoms with van der Waals surface area (Å²) >= 11 is 0. The van der Waals surface area contributed by atoms with Crippen LogP contribution in [0.5, 0.6) is 5.88 Å². The number of benzene rings is 1. The van der Waals surface area contributed by atoms with E-state index >= 15 is 0 Å². The molecule has 3 rings (SSSR count). The van der Waals surface area contributed by atoms with Crippen LogP contribution in [0.3, 0.4) is 0 Å². The van der Waals surface area contributed by atoms with Crippen molar-refractivity contribution < 1.29 is 17.9 Å². The zero-order valence-electron chi connectivity index (χ0n) is 12.6. The molecular formula is C17H14F3N3O. The first kappa shape index (κ1) is 16.3. The van der Waals surface area contributed by atoms with Gasteiger partial charge in [-0.05, 0) is 18.5 Å². The molecule has 1 fully saturated rings. The van der Waals surface area contributed by atoms with Gasteiger partial charge in [0.05, 0.1) is 0 Å². The highest BCUT2D eigenvalue weighted by atomic mass is 19.2. The molecule has 0 spiro atoms. The molecule has 0 bridgehead atoms. The molecule has 1 aliphatic heterocycles. The number of hydrogen-bond donors (Lipinski definition) is 1. The number of nitrogens with zero attached hydrogens (tertiary/aromatic N) is 2. The van der Waals surface area contributed by atoms with Crippen LogP contribution >= 0.6 is 0 Å². The van der Waals surface area contributed by atoms with Gasteiger partial charge in [-0.2, -0.15) is 19.0 Å². The number of hydrogen-bond acceptors (Lipinski definition) is 4. The van der Waals surface area contributed by atoms with E-state index in [2.05, 4.69) is 10.3 Å². The summed E-state index contributed by atoms with van der Waals surface area (Å²) in [6.45, 7) is 1.43. The Morgan fingerprint density at radius 3 is 2.58 bits per heavy atom. The second-order valence-electron chi connectivity index (χ2n) is 5.52. The largest absolute Gasteiger partial charge is 0.467 e. The quantitative estimate of drug-likeness (QED) is 0.874. The highest BCUT2D eigenvalue weighted by Gasteiger charge is 2.31. The number of pyridine rings is 1. The van der Waals surface area contributed by atoms with E-state index in [4.69, 9.17) is 10.00 Å². The standard InChI is InChI=1S/C17H14F3N3O/c18-13-12(8-21)14(19)17(23-16(13)20)24-15(11-6-7-22-9-11)10-4-2-1-3-5-10/h1-5,11,15,22H,6-7,9H2/t11-,15?/m0/s1. The van der Waals surface area contributed by atoms with Gasteiger partial charge in [0, 0.05) is 12.5 Å². The molecule has 0 saturated carbocycles. The SMILES string of the molecule is N#Cc1c(F)c(F)nc(OC(c2ccccc2)[C@H]2CCNC2)c1F. The second kappa shape index (κ2) is 6.89. The Kier molecular flexibility index (Phi) is 4.67. The molecule has 0 aliphatic carbocycles. The Bertz CT molecular complexity index is 771. The van der Waals surface area contributed by atoms with Gasteiger partial charge in [-0.3, -0.25) is 0 Å². The maximum absolute atomic E-state index is 14.2. The highest BCUT2D eigenvalue weighted by molar-refractivity contribution is 5.36. The minimum Gasteiger partial charge on any atom is -0.467 e. The lowest BCUT2D eigenvalue weighted by Gasteiger charge is -2.24. The number of halogens is 3. The third-order valence-electron chi connectivity index (χ3n) is 4.01. The van der Waals surface area contributed by atoms with Crippen LogP contribution < -0.4 is 10.1 Å². The third kappa shape index (κ3) is 3.05. The van der Waals surface area contributed by atoms with E-state index in [-0.39, 0.29) is 5.92 Å². The molecular weight excluding hydrogens is 319 g/mol. The predicted molar refractivity (Wildman–Crippen MR) is 79.6 cm³/mol. The molecule has 1 aromatic carbocycles. The number of ether oxygens (including phenoxy) is 1. The molecule has 2 atom stereocenters. The van der Waals surface area contributed by atoms with Gasteiger partial charge in [0.25, 0.3) is 11.8 Å². The molecule has 0 amide bonds. The predicted octanol–water partition coefficient (Wildman–Crippen LogP) is 3.10. The average Bonchev–Trinajstić information content (AvgIpc) is 3.12. The van der Waals surface area contributed by atoms with Crippen molar-refractivity contribution in [1.29, 1.82) is 5.26 Å². The first-order chi connectivity index (χ1) is 11.6. The van der Waals surface area contributed by atoms with Crippen molar-refractivity contribution in [2.24, 2.45) is 5.92 Å². The molecule has 2 heterocycles. The van der Waals surface area contributed by atoms with Gasteiger partial charge < -0.3 is 10.1 Å². The Balaban J connectivity index is 1.99. The summed E-state index contributed by atoms with van der Waals surface area (Å²) in [6, 6.07) is 10.4. The van der Waals surface area contributed by atoms with E-state index in [0.717, 1.165) is 18.5 Å². The van der Waals surface area contributed by atoms with Gasteiger partial charge in [0.1, 0.15) is 17.7 Å².